The summed E-state index contributed by atoms with van der Waals surface area (Å²) in [5, 5.41) is 25.8. The van der Waals surface area contributed by atoms with Crippen molar-refractivity contribution in [1.29, 1.82) is 5.26 Å². The van der Waals surface area contributed by atoms with Crippen molar-refractivity contribution >= 4 is 11.0 Å². The number of aryl methyl sites for hydroxylation is 1. The highest BCUT2D eigenvalue weighted by Gasteiger charge is 2.30. The van der Waals surface area contributed by atoms with Gasteiger partial charge in [-0.2, -0.15) is 10.4 Å². The Morgan fingerprint density at radius 1 is 1.32 bits per heavy atom. The molecule has 8 heteroatoms. The van der Waals surface area contributed by atoms with E-state index in [-0.39, 0.29) is 0 Å². The molecule has 0 amide bonds. The summed E-state index contributed by atoms with van der Waals surface area (Å²) < 4.78 is 13.2. The molecular formula is C23H21N5O3. The van der Waals surface area contributed by atoms with Gasteiger partial charge in [-0.15, -0.1) is 0 Å². The third kappa shape index (κ3) is 3.02. The molecule has 2 N–H and O–H groups in total. The topological polar surface area (TPSA) is 109 Å². The number of aromatic nitrogens is 4. The number of H-pyrrole nitrogens is 1. The molecule has 3 aromatic heterocycles. The second-order valence-corrected chi connectivity index (χ2v) is 7.46. The van der Waals surface area contributed by atoms with E-state index in [9.17, 15) is 10.4 Å². The molecule has 1 aliphatic heterocycles. The molecule has 4 heterocycles. The average Bonchev–Trinajstić information content (AvgIpc) is 3.37. The quantitative estimate of drug-likeness (QED) is 0.525. The van der Waals surface area contributed by atoms with Crippen molar-refractivity contribution in [3.63, 3.8) is 0 Å². The summed E-state index contributed by atoms with van der Waals surface area (Å²) >= 11 is 0. The predicted molar refractivity (Wildman–Crippen MR) is 115 cm³/mol. The molecule has 1 unspecified atom stereocenters. The number of aromatic amines is 1. The molecule has 156 valence electrons. The molecule has 1 aliphatic rings. The molecule has 8 nitrogen and oxygen atoms in total. The number of ether oxygens (including phenoxy) is 2. The van der Waals surface area contributed by atoms with Crippen LogP contribution in [-0.2, 0) is 6.54 Å². The Morgan fingerprint density at radius 3 is 2.97 bits per heavy atom. The van der Waals surface area contributed by atoms with E-state index < -0.39 is 6.10 Å². The van der Waals surface area contributed by atoms with Crippen LogP contribution in [0.2, 0.25) is 0 Å². The third-order valence-electron chi connectivity index (χ3n) is 5.52. The average molecular weight is 415 g/mol. The summed E-state index contributed by atoms with van der Waals surface area (Å²) in [5.41, 5.74) is 4.60. The summed E-state index contributed by atoms with van der Waals surface area (Å²) in [7, 11) is 1.59. The molecule has 0 spiro atoms. The van der Waals surface area contributed by atoms with Gasteiger partial charge < -0.3 is 19.6 Å². The lowest BCUT2D eigenvalue weighted by Crippen LogP contribution is -2.15. The Morgan fingerprint density at radius 2 is 2.19 bits per heavy atom. The Balaban J connectivity index is 1.89. The molecule has 0 radical (unpaired) electrons. The van der Waals surface area contributed by atoms with Crippen molar-refractivity contribution in [3.8, 4) is 40.1 Å². The van der Waals surface area contributed by atoms with Crippen LogP contribution in [0.4, 0.5) is 0 Å². The number of nitrogens with one attached hydrogen (secondary N) is 1. The highest BCUT2D eigenvalue weighted by molar-refractivity contribution is 6.04. The number of methoxy groups -OCH3 is 1. The molecule has 0 saturated carbocycles. The molecule has 5 rings (SSSR count). The Bertz CT molecular complexity index is 1330. The van der Waals surface area contributed by atoms with Crippen LogP contribution in [0.25, 0.3) is 33.4 Å². The smallest absolute Gasteiger partial charge is 0.221 e. The van der Waals surface area contributed by atoms with E-state index in [1.807, 2.05) is 18.2 Å². The maximum atomic E-state index is 10.5. The lowest BCUT2D eigenvalue weighted by Gasteiger charge is -2.16. The first-order valence-corrected chi connectivity index (χ1v) is 10.1. The van der Waals surface area contributed by atoms with Gasteiger partial charge in [0, 0.05) is 35.7 Å². The van der Waals surface area contributed by atoms with Crippen molar-refractivity contribution in [2.45, 2.75) is 26.0 Å². The highest BCUT2D eigenvalue weighted by Crippen LogP contribution is 2.46. The molecule has 31 heavy (non-hydrogen) atoms. The van der Waals surface area contributed by atoms with Crippen molar-refractivity contribution < 1.29 is 14.6 Å². The summed E-state index contributed by atoms with van der Waals surface area (Å²) in [6.45, 7) is 2.98. The second-order valence-electron chi connectivity index (χ2n) is 7.46. The van der Waals surface area contributed by atoms with Crippen molar-refractivity contribution in [2.75, 3.05) is 13.7 Å². The number of hydrogen-bond donors (Lipinski definition) is 2. The van der Waals surface area contributed by atoms with Crippen LogP contribution >= 0.6 is 0 Å². The van der Waals surface area contributed by atoms with Gasteiger partial charge in [-0.05, 0) is 37.3 Å². The molecule has 1 atom stereocenters. The van der Waals surface area contributed by atoms with Gasteiger partial charge in [0.1, 0.15) is 17.1 Å². The zero-order valence-corrected chi connectivity index (χ0v) is 17.2. The van der Waals surface area contributed by atoms with E-state index in [1.54, 1.807) is 37.0 Å². The van der Waals surface area contributed by atoms with Gasteiger partial charge in [0.25, 0.3) is 0 Å². The number of aliphatic hydroxyl groups is 1. The fourth-order valence-electron chi connectivity index (χ4n) is 4.12. The number of fused-ring (bicyclic) bond motifs is 2. The Kier molecular flexibility index (Phi) is 4.60. The van der Waals surface area contributed by atoms with Gasteiger partial charge in [-0.25, -0.2) is 9.67 Å². The lowest BCUT2D eigenvalue weighted by atomic mass is 9.94. The molecular weight excluding hydrogens is 394 g/mol. The van der Waals surface area contributed by atoms with E-state index in [4.69, 9.17) is 9.47 Å². The van der Waals surface area contributed by atoms with Crippen molar-refractivity contribution in [3.05, 3.63) is 47.8 Å². The van der Waals surface area contributed by atoms with Crippen molar-refractivity contribution in [2.24, 2.45) is 0 Å². The SMILES string of the molecule is COc1ccc(C#N)c(-c2c(-c3c(C(C)O)nn4c3OCCC4)[nH]c3ncccc23)c1. The van der Waals surface area contributed by atoms with Crippen LogP contribution < -0.4 is 9.47 Å². The van der Waals surface area contributed by atoms with Gasteiger partial charge >= 0.3 is 0 Å². The van der Waals surface area contributed by atoms with Gasteiger partial charge in [-0.3, -0.25) is 0 Å². The van der Waals surface area contributed by atoms with E-state index in [1.165, 1.54) is 0 Å². The van der Waals surface area contributed by atoms with Crippen LogP contribution in [0.15, 0.2) is 36.5 Å². The monoisotopic (exact) mass is 415 g/mol. The highest BCUT2D eigenvalue weighted by atomic mass is 16.5. The van der Waals surface area contributed by atoms with Gasteiger partial charge in [0.15, 0.2) is 0 Å². The standard InChI is InChI=1S/C23H21N5O3/c1-13(29)20-19(23-28(27-20)9-4-10-31-23)21-18(16-5-3-8-25-22(16)26-21)17-11-15(30-2)7-6-14(17)12-24/h3,5-8,11,13,29H,4,9-10H2,1-2H3,(H,25,26). The summed E-state index contributed by atoms with van der Waals surface area (Å²) in [4.78, 5) is 7.88. The zero-order chi connectivity index (χ0) is 21.5. The van der Waals surface area contributed by atoms with Gasteiger partial charge in [0.05, 0.1) is 42.7 Å². The molecule has 1 aromatic carbocycles. The third-order valence-corrected chi connectivity index (χ3v) is 5.52. The Labute approximate surface area is 178 Å². The maximum absolute atomic E-state index is 10.5. The van der Waals surface area contributed by atoms with E-state index in [0.29, 0.717) is 58.5 Å². The number of hydrogen-bond acceptors (Lipinski definition) is 6. The molecule has 0 aliphatic carbocycles. The minimum atomic E-state index is -0.801. The minimum absolute atomic E-state index is 0.507. The van der Waals surface area contributed by atoms with E-state index in [2.05, 4.69) is 21.1 Å². The Hall–Kier alpha value is -3.83. The van der Waals surface area contributed by atoms with Crippen LogP contribution in [0.5, 0.6) is 11.6 Å². The number of aliphatic hydroxyl groups excluding tert-OH is 1. The lowest BCUT2D eigenvalue weighted by molar-refractivity contribution is 0.192. The fourth-order valence-corrected chi connectivity index (χ4v) is 4.12. The largest absolute Gasteiger partial charge is 0.497 e. The van der Waals surface area contributed by atoms with E-state index >= 15 is 0 Å². The van der Waals surface area contributed by atoms with Crippen LogP contribution in [0.1, 0.15) is 30.7 Å². The molecule has 0 fully saturated rings. The number of benzene rings is 1. The molecule has 0 saturated heterocycles. The zero-order valence-electron chi connectivity index (χ0n) is 17.2. The molecule has 0 bridgehead atoms. The maximum Gasteiger partial charge on any atom is 0.221 e. The first-order chi connectivity index (χ1) is 15.1. The minimum Gasteiger partial charge on any atom is -0.497 e. The summed E-state index contributed by atoms with van der Waals surface area (Å²) in [5.74, 6) is 1.25. The van der Waals surface area contributed by atoms with Crippen LogP contribution in [0, 0.1) is 11.3 Å². The van der Waals surface area contributed by atoms with E-state index in [0.717, 1.165) is 17.4 Å². The first-order valence-electron chi connectivity index (χ1n) is 10.1. The van der Waals surface area contributed by atoms with Crippen LogP contribution in [-0.4, -0.2) is 38.6 Å². The fraction of sp³-hybridized carbons (Fsp3) is 0.261. The number of pyridine rings is 1. The number of nitrogens with zero attached hydrogens (tertiary/aromatic N) is 4. The first kappa shape index (κ1) is 19.2. The van der Waals surface area contributed by atoms with Crippen molar-refractivity contribution in [1.82, 2.24) is 19.7 Å². The number of nitriles is 1. The van der Waals surface area contributed by atoms with Gasteiger partial charge in [-0.1, -0.05) is 0 Å². The summed E-state index contributed by atoms with van der Waals surface area (Å²) in [6.07, 6.45) is 1.76. The van der Waals surface area contributed by atoms with Gasteiger partial charge in [0.2, 0.25) is 5.88 Å². The predicted octanol–water partition coefficient (Wildman–Crippen LogP) is 3.81. The normalized spacial score (nSPS) is 14.0. The van der Waals surface area contributed by atoms with Crippen LogP contribution in [0.3, 0.4) is 0 Å². The molecule has 4 aromatic rings. The second kappa shape index (κ2) is 7.45. The number of rotatable bonds is 4. The summed E-state index contributed by atoms with van der Waals surface area (Å²) in [6, 6.07) is 11.4.